The predicted octanol–water partition coefficient (Wildman–Crippen LogP) is 2.31. The Morgan fingerprint density at radius 1 is 1.47 bits per heavy atom. The molecule has 6 heteroatoms. The summed E-state index contributed by atoms with van der Waals surface area (Å²) < 4.78 is 0.582. The van der Waals surface area contributed by atoms with E-state index in [0.717, 1.165) is 12.8 Å². The number of hydrogen-bond donors (Lipinski definition) is 1. The molecule has 0 spiro atoms. The zero-order valence-corrected chi connectivity index (χ0v) is 12.2. The first-order valence-corrected chi connectivity index (χ1v) is 6.92. The lowest BCUT2D eigenvalue weighted by atomic mass is 9.88. The fourth-order valence-electron chi connectivity index (χ4n) is 2.34. The Morgan fingerprint density at radius 3 is 2.84 bits per heavy atom. The molecule has 1 aromatic heterocycles. The number of carbonyl (C=O) groups excluding carboxylic acids is 1. The fourth-order valence-corrected chi connectivity index (χ4v) is 2.76. The molecule has 1 saturated heterocycles. The molecule has 5 nitrogen and oxygen atoms in total. The van der Waals surface area contributed by atoms with E-state index in [4.69, 9.17) is 0 Å². The molecule has 1 aliphatic rings. The van der Waals surface area contributed by atoms with Gasteiger partial charge in [0.05, 0.1) is 0 Å². The van der Waals surface area contributed by atoms with Gasteiger partial charge in [0, 0.05) is 17.2 Å². The van der Waals surface area contributed by atoms with Crippen LogP contribution in [-0.4, -0.2) is 39.0 Å². The number of likely N-dealkylation sites (tertiary alicyclic amines) is 1. The molecule has 1 atom stereocenters. The van der Waals surface area contributed by atoms with Gasteiger partial charge in [0.25, 0.3) is 5.91 Å². The quantitative estimate of drug-likeness (QED) is 0.905. The zero-order chi connectivity index (χ0) is 14.0. The van der Waals surface area contributed by atoms with Crippen LogP contribution in [0.25, 0.3) is 0 Å². The lowest BCUT2D eigenvalue weighted by Gasteiger charge is -2.41. The fraction of sp³-hybridized carbons (Fsp3) is 0.462. The number of carboxylic acids is 1. The van der Waals surface area contributed by atoms with Gasteiger partial charge in [0.15, 0.2) is 0 Å². The molecule has 0 aliphatic carbocycles. The molecule has 1 amide bonds. The van der Waals surface area contributed by atoms with E-state index in [1.54, 1.807) is 19.1 Å². The minimum atomic E-state index is -1.15. The molecule has 0 aromatic carbocycles. The van der Waals surface area contributed by atoms with Crippen LogP contribution in [0.5, 0.6) is 0 Å². The summed E-state index contributed by atoms with van der Waals surface area (Å²) in [6.45, 7) is 2.05. The van der Waals surface area contributed by atoms with Crippen molar-refractivity contribution < 1.29 is 14.7 Å². The molecule has 102 valence electrons. The molecule has 1 aliphatic heterocycles. The Bertz CT molecular complexity index is 520. The van der Waals surface area contributed by atoms with Crippen LogP contribution in [-0.2, 0) is 4.79 Å². The average molecular weight is 327 g/mol. The highest BCUT2D eigenvalue weighted by molar-refractivity contribution is 9.10. The van der Waals surface area contributed by atoms with Crippen molar-refractivity contribution in [2.75, 3.05) is 6.54 Å². The zero-order valence-electron chi connectivity index (χ0n) is 10.6. The first kappa shape index (κ1) is 14.0. The average Bonchev–Trinajstić information content (AvgIpc) is 2.39. The first-order valence-electron chi connectivity index (χ1n) is 6.12. The van der Waals surface area contributed by atoms with Gasteiger partial charge in [-0.25, -0.2) is 9.78 Å². The Hall–Kier alpha value is -1.43. The van der Waals surface area contributed by atoms with Crippen LogP contribution in [0.1, 0.15) is 36.7 Å². The van der Waals surface area contributed by atoms with Crippen LogP contribution in [0, 0.1) is 0 Å². The van der Waals surface area contributed by atoms with Gasteiger partial charge in [-0.3, -0.25) is 4.79 Å². The summed E-state index contributed by atoms with van der Waals surface area (Å²) in [5.74, 6) is -1.30. The number of carboxylic acid groups (broad SMARTS) is 1. The molecule has 1 aromatic rings. The van der Waals surface area contributed by atoms with Crippen molar-refractivity contribution in [3.63, 3.8) is 0 Å². The first-order chi connectivity index (χ1) is 8.97. The van der Waals surface area contributed by atoms with Gasteiger partial charge in [0.1, 0.15) is 11.2 Å². The van der Waals surface area contributed by atoms with E-state index in [2.05, 4.69) is 20.9 Å². The third-order valence-electron chi connectivity index (χ3n) is 3.56. The van der Waals surface area contributed by atoms with Gasteiger partial charge < -0.3 is 10.0 Å². The van der Waals surface area contributed by atoms with Gasteiger partial charge >= 0.3 is 5.97 Å². The number of aliphatic carboxylic acids is 1. The molecule has 1 unspecified atom stereocenters. The van der Waals surface area contributed by atoms with E-state index in [0.29, 0.717) is 17.4 Å². The van der Waals surface area contributed by atoms with Crippen LogP contribution < -0.4 is 0 Å². The summed E-state index contributed by atoms with van der Waals surface area (Å²) in [7, 11) is 0. The Balaban J connectivity index is 2.36. The number of aromatic nitrogens is 1. The second-order valence-corrected chi connectivity index (χ2v) is 5.68. The minimum Gasteiger partial charge on any atom is -0.480 e. The van der Waals surface area contributed by atoms with E-state index in [1.165, 1.54) is 11.1 Å². The Kier molecular flexibility index (Phi) is 3.89. The summed E-state index contributed by atoms with van der Waals surface area (Å²) in [6, 6.07) is 3.44. The predicted molar refractivity (Wildman–Crippen MR) is 72.9 cm³/mol. The number of pyridine rings is 1. The second kappa shape index (κ2) is 5.28. The normalized spacial score (nSPS) is 23.2. The molecule has 0 radical (unpaired) electrons. The van der Waals surface area contributed by atoms with E-state index in [9.17, 15) is 14.7 Å². The summed E-state index contributed by atoms with van der Waals surface area (Å²) in [6.07, 6.45) is 3.63. The maximum atomic E-state index is 12.5. The van der Waals surface area contributed by atoms with Crippen molar-refractivity contribution in [2.45, 2.75) is 31.7 Å². The number of amides is 1. The third kappa shape index (κ3) is 2.49. The number of nitrogens with zero attached hydrogens (tertiary/aromatic N) is 2. The van der Waals surface area contributed by atoms with Gasteiger partial charge in [-0.05, 0) is 54.2 Å². The monoisotopic (exact) mass is 326 g/mol. The molecule has 1 fully saturated rings. The maximum absolute atomic E-state index is 12.5. The minimum absolute atomic E-state index is 0.261. The van der Waals surface area contributed by atoms with Crippen molar-refractivity contribution >= 4 is 27.8 Å². The summed E-state index contributed by atoms with van der Waals surface area (Å²) >= 11 is 3.28. The van der Waals surface area contributed by atoms with Crippen LogP contribution in [0.4, 0.5) is 0 Å². The van der Waals surface area contributed by atoms with E-state index in [1.807, 2.05) is 0 Å². The highest BCUT2D eigenvalue weighted by atomic mass is 79.9. The molecule has 19 heavy (non-hydrogen) atoms. The number of carbonyl (C=O) groups is 2. The third-order valence-corrected chi connectivity index (χ3v) is 4.20. The molecule has 0 saturated carbocycles. The molecular formula is C13H15BrN2O3. The van der Waals surface area contributed by atoms with Gasteiger partial charge in [-0.15, -0.1) is 0 Å². The standard InChI is InChI=1S/C13H15BrN2O3/c1-13(12(18)19)6-2-3-8-16(13)11(17)10-9(14)5-4-7-15-10/h4-5,7H,2-3,6,8H2,1H3,(H,18,19). The van der Waals surface area contributed by atoms with Gasteiger partial charge in [-0.1, -0.05) is 0 Å². The molecule has 0 bridgehead atoms. The smallest absolute Gasteiger partial charge is 0.329 e. The lowest BCUT2D eigenvalue weighted by Crippen LogP contribution is -2.57. The molecule has 2 heterocycles. The maximum Gasteiger partial charge on any atom is 0.329 e. The summed E-state index contributed by atoms with van der Waals surface area (Å²) in [4.78, 5) is 29.5. The van der Waals surface area contributed by atoms with Crippen molar-refractivity contribution in [1.82, 2.24) is 9.88 Å². The van der Waals surface area contributed by atoms with Crippen LogP contribution in [0.2, 0.25) is 0 Å². The van der Waals surface area contributed by atoms with Crippen molar-refractivity contribution in [2.24, 2.45) is 0 Å². The van der Waals surface area contributed by atoms with Crippen LogP contribution >= 0.6 is 15.9 Å². The molecular weight excluding hydrogens is 312 g/mol. The number of hydrogen-bond acceptors (Lipinski definition) is 3. The Labute approximate surface area is 119 Å². The van der Waals surface area contributed by atoms with Crippen molar-refractivity contribution in [3.8, 4) is 0 Å². The van der Waals surface area contributed by atoms with Gasteiger partial charge in [-0.2, -0.15) is 0 Å². The largest absolute Gasteiger partial charge is 0.480 e. The van der Waals surface area contributed by atoms with E-state index < -0.39 is 11.5 Å². The van der Waals surface area contributed by atoms with Gasteiger partial charge in [0.2, 0.25) is 0 Å². The number of halogens is 1. The molecule has 2 rings (SSSR count). The SMILES string of the molecule is CC1(C(=O)O)CCCCN1C(=O)c1ncccc1Br. The second-order valence-electron chi connectivity index (χ2n) is 4.83. The van der Waals surface area contributed by atoms with E-state index in [-0.39, 0.29) is 11.6 Å². The Morgan fingerprint density at radius 2 is 2.21 bits per heavy atom. The lowest BCUT2D eigenvalue weighted by molar-refractivity contribution is -0.150. The van der Waals surface area contributed by atoms with Crippen molar-refractivity contribution in [3.05, 3.63) is 28.5 Å². The number of piperidine rings is 1. The summed E-state index contributed by atoms with van der Waals surface area (Å²) in [5, 5.41) is 9.41. The van der Waals surface area contributed by atoms with E-state index >= 15 is 0 Å². The highest BCUT2D eigenvalue weighted by Gasteiger charge is 2.44. The van der Waals surface area contributed by atoms with Crippen molar-refractivity contribution in [1.29, 1.82) is 0 Å². The highest BCUT2D eigenvalue weighted by Crippen LogP contribution is 2.30. The number of rotatable bonds is 2. The molecule has 1 N–H and O–H groups in total. The van der Waals surface area contributed by atoms with Crippen LogP contribution in [0.15, 0.2) is 22.8 Å². The topological polar surface area (TPSA) is 70.5 Å². The summed E-state index contributed by atoms with van der Waals surface area (Å²) in [5.41, 5.74) is -0.886. The van der Waals surface area contributed by atoms with Crippen LogP contribution in [0.3, 0.4) is 0 Å².